The van der Waals surface area contributed by atoms with Crippen molar-refractivity contribution in [2.24, 2.45) is 11.0 Å². The third-order valence-corrected chi connectivity index (χ3v) is 3.95. The van der Waals surface area contributed by atoms with E-state index < -0.39 is 17.1 Å². The van der Waals surface area contributed by atoms with Gasteiger partial charge in [0.1, 0.15) is 0 Å². The van der Waals surface area contributed by atoms with Crippen molar-refractivity contribution in [2.75, 3.05) is 19.5 Å². The first-order valence-corrected chi connectivity index (χ1v) is 6.94. The molecule has 0 saturated heterocycles. The second kappa shape index (κ2) is 5.66. The zero-order valence-corrected chi connectivity index (χ0v) is 11.0. The van der Waals surface area contributed by atoms with E-state index in [2.05, 4.69) is 5.10 Å². The molecule has 0 unspecified atom stereocenters. The summed E-state index contributed by atoms with van der Waals surface area (Å²) in [6, 6.07) is 0. The molecule has 0 aromatic heterocycles. The van der Waals surface area contributed by atoms with Crippen LogP contribution in [0.15, 0.2) is 16.6 Å². The molecule has 1 heterocycles. The Hall–Kier alpha value is -0.855. The van der Waals surface area contributed by atoms with Gasteiger partial charge in [0.25, 0.3) is 0 Å². The maximum Gasteiger partial charge on any atom is 0.476 e. The maximum atomic E-state index is 11.8. The lowest BCUT2D eigenvalue weighted by molar-refractivity contribution is 0.216. The lowest BCUT2D eigenvalue weighted by Crippen LogP contribution is -2.43. The minimum Gasteiger partial charge on any atom is -0.427 e. The van der Waals surface area contributed by atoms with Crippen molar-refractivity contribution in [2.45, 2.75) is 13.8 Å². The number of hydrogen-bond donors (Lipinski definition) is 1. The first kappa shape index (κ1) is 14.2. The van der Waals surface area contributed by atoms with Crippen LogP contribution in [-0.2, 0) is 14.8 Å². The van der Waals surface area contributed by atoms with E-state index in [1.54, 1.807) is 0 Å². The van der Waals surface area contributed by atoms with Crippen LogP contribution in [-0.4, -0.2) is 50.5 Å². The summed E-state index contributed by atoms with van der Waals surface area (Å²) in [6.07, 6.45) is 1.46. The summed E-state index contributed by atoms with van der Waals surface area (Å²) in [7, 11) is -3.45. The predicted octanol–water partition coefficient (Wildman–Crippen LogP) is -0.134. The molecule has 0 radical (unpaired) electrons. The number of ether oxygens (including phenoxy) is 1. The van der Waals surface area contributed by atoms with E-state index >= 15 is 0 Å². The van der Waals surface area contributed by atoms with Crippen LogP contribution >= 0.6 is 0 Å². The van der Waals surface area contributed by atoms with E-state index in [0.717, 1.165) is 5.57 Å². The number of methoxy groups -OCH3 is 1. The second-order valence-corrected chi connectivity index (χ2v) is 6.01. The van der Waals surface area contributed by atoms with Crippen molar-refractivity contribution in [1.82, 2.24) is 4.33 Å². The van der Waals surface area contributed by atoms with Gasteiger partial charge in [-0.1, -0.05) is 19.8 Å². The molecule has 0 aliphatic carbocycles. The van der Waals surface area contributed by atoms with E-state index in [-0.39, 0.29) is 18.3 Å². The van der Waals surface area contributed by atoms with E-state index in [4.69, 9.17) is 4.74 Å². The average molecular weight is 260 g/mol. The fourth-order valence-corrected chi connectivity index (χ4v) is 2.48. The zero-order chi connectivity index (χ0) is 13.1. The van der Waals surface area contributed by atoms with Gasteiger partial charge >= 0.3 is 7.05 Å². The first-order chi connectivity index (χ1) is 7.88. The van der Waals surface area contributed by atoms with Gasteiger partial charge in [0.05, 0.1) is 12.4 Å². The highest BCUT2D eigenvalue weighted by molar-refractivity contribution is 7.90. The Morgan fingerprint density at radius 3 is 2.71 bits per heavy atom. The molecule has 1 rings (SSSR count). The van der Waals surface area contributed by atoms with Gasteiger partial charge < -0.3 is 9.76 Å². The number of allylic oxidation sites excluding steroid dienone is 1. The Balaban J connectivity index is 2.81. The quantitative estimate of drug-likeness (QED) is 0.698. The number of nitrogens with zero attached hydrogens (tertiary/aromatic N) is 2. The molecular formula is C9H17BN2O4S. The summed E-state index contributed by atoms with van der Waals surface area (Å²) in [4.78, 5) is 0. The smallest absolute Gasteiger partial charge is 0.427 e. The van der Waals surface area contributed by atoms with Crippen molar-refractivity contribution < 1.29 is 18.2 Å². The van der Waals surface area contributed by atoms with Gasteiger partial charge in [-0.3, -0.25) is 0 Å². The Kier molecular flexibility index (Phi) is 4.73. The Morgan fingerprint density at radius 1 is 1.59 bits per heavy atom. The molecule has 96 valence electrons. The van der Waals surface area contributed by atoms with Gasteiger partial charge in [0.2, 0.25) is 10.0 Å². The van der Waals surface area contributed by atoms with Crippen LogP contribution in [0.4, 0.5) is 0 Å². The lowest BCUT2D eigenvalue weighted by Gasteiger charge is -2.24. The largest absolute Gasteiger partial charge is 0.476 e. The van der Waals surface area contributed by atoms with E-state index in [1.807, 2.05) is 13.8 Å². The van der Waals surface area contributed by atoms with Crippen LogP contribution < -0.4 is 0 Å². The summed E-state index contributed by atoms with van der Waals surface area (Å²) in [5.74, 6) is 1.47. The molecule has 0 atom stereocenters. The highest BCUT2D eigenvalue weighted by atomic mass is 32.2. The second-order valence-electron chi connectivity index (χ2n) is 4.06. The molecule has 0 amide bonds. The first-order valence-electron chi connectivity index (χ1n) is 5.33. The van der Waals surface area contributed by atoms with Crippen LogP contribution in [0.3, 0.4) is 0 Å². The normalized spacial score (nSPS) is 16.6. The third-order valence-electron chi connectivity index (χ3n) is 2.39. The molecule has 0 saturated carbocycles. The lowest BCUT2D eigenvalue weighted by atomic mass is 9.79. The van der Waals surface area contributed by atoms with Gasteiger partial charge in [-0.2, -0.15) is 5.10 Å². The molecule has 0 aromatic carbocycles. The summed E-state index contributed by atoms with van der Waals surface area (Å²) in [6.45, 7) is 3.96. The molecule has 0 spiro atoms. The highest BCUT2D eigenvalue weighted by Gasteiger charge is 2.32. The van der Waals surface area contributed by atoms with Gasteiger partial charge in [0, 0.05) is 13.3 Å². The van der Waals surface area contributed by atoms with Crippen molar-refractivity contribution in [1.29, 1.82) is 0 Å². The molecule has 17 heavy (non-hydrogen) atoms. The van der Waals surface area contributed by atoms with Gasteiger partial charge in [-0.15, -0.1) is 0 Å². The van der Waals surface area contributed by atoms with Gasteiger partial charge in [-0.05, 0) is 11.5 Å². The van der Waals surface area contributed by atoms with Crippen LogP contribution in [0.25, 0.3) is 0 Å². The SMILES string of the molecule is COCCS(=O)(=O)N1N=CC(C(C)C)=CB1O. The van der Waals surface area contributed by atoms with Crippen molar-refractivity contribution in [3.8, 4) is 0 Å². The number of rotatable bonds is 5. The molecule has 0 bridgehead atoms. The molecule has 1 aliphatic rings. The summed E-state index contributed by atoms with van der Waals surface area (Å²) in [5.41, 5.74) is 0.815. The fraction of sp³-hybridized carbons (Fsp3) is 0.667. The van der Waals surface area contributed by atoms with Gasteiger partial charge in [-0.25, -0.2) is 12.7 Å². The van der Waals surface area contributed by atoms with E-state index in [0.29, 0.717) is 4.33 Å². The van der Waals surface area contributed by atoms with Crippen molar-refractivity contribution >= 4 is 23.3 Å². The molecule has 1 aliphatic heterocycles. The van der Waals surface area contributed by atoms with Crippen LogP contribution in [0.5, 0.6) is 0 Å². The minimum absolute atomic E-state index is 0.0713. The Morgan fingerprint density at radius 2 is 2.24 bits per heavy atom. The topological polar surface area (TPSA) is 79.2 Å². The number of sulfonamides is 1. The van der Waals surface area contributed by atoms with Crippen molar-refractivity contribution in [3.05, 3.63) is 11.5 Å². The fourth-order valence-electron chi connectivity index (χ4n) is 1.33. The van der Waals surface area contributed by atoms with Crippen LogP contribution in [0, 0.1) is 5.92 Å². The maximum absolute atomic E-state index is 11.8. The van der Waals surface area contributed by atoms with Crippen LogP contribution in [0.1, 0.15) is 13.8 Å². The summed E-state index contributed by atoms with van der Waals surface area (Å²) >= 11 is 0. The Labute approximate surface area is 102 Å². The van der Waals surface area contributed by atoms with Crippen molar-refractivity contribution in [3.63, 3.8) is 0 Å². The van der Waals surface area contributed by atoms with E-state index in [1.165, 1.54) is 19.3 Å². The minimum atomic E-state index is -3.63. The molecule has 6 nitrogen and oxygen atoms in total. The monoisotopic (exact) mass is 260 g/mol. The predicted molar refractivity (Wildman–Crippen MR) is 66.9 cm³/mol. The van der Waals surface area contributed by atoms with E-state index in [9.17, 15) is 13.4 Å². The third kappa shape index (κ3) is 3.55. The molecule has 8 heteroatoms. The molecule has 0 fully saturated rings. The number of hydrazone groups is 1. The average Bonchev–Trinajstić information content (AvgIpc) is 2.25. The number of hydrogen-bond acceptors (Lipinski definition) is 5. The standard InChI is InChI=1S/C9H17BN2O4S/c1-8(2)9-6-10(13)12(11-7-9)17(14,15)5-4-16-3/h6-8,13H,4-5H2,1-3H3. The summed E-state index contributed by atoms with van der Waals surface area (Å²) < 4.78 is 29.0. The molecule has 0 aromatic rings. The molecule has 1 N–H and O–H groups in total. The Bertz CT molecular complexity index is 419. The highest BCUT2D eigenvalue weighted by Crippen LogP contribution is 2.16. The zero-order valence-electron chi connectivity index (χ0n) is 10.2. The van der Waals surface area contributed by atoms with Crippen LogP contribution in [0.2, 0.25) is 0 Å². The summed E-state index contributed by atoms with van der Waals surface area (Å²) in [5, 5.41) is 13.5. The van der Waals surface area contributed by atoms with Gasteiger partial charge in [0.15, 0.2) is 0 Å². The molecular weight excluding hydrogens is 243 g/mol.